The molecule has 5 nitrogen and oxygen atoms in total. The van der Waals surface area contributed by atoms with Gasteiger partial charge < -0.3 is 11.1 Å². The van der Waals surface area contributed by atoms with E-state index in [-0.39, 0.29) is 0 Å². The normalized spacial score (nSPS) is 17.0. The van der Waals surface area contributed by atoms with E-state index in [1.807, 2.05) is 6.07 Å². The Labute approximate surface area is 159 Å². The van der Waals surface area contributed by atoms with Crippen LogP contribution < -0.4 is 11.1 Å². The summed E-state index contributed by atoms with van der Waals surface area (Å²) in [4.78, 5) is 6.87. The third kappa shape index (κ3) is 6.93. The van der Waals surface area contributed by atoms with Gasteiger partial charge in [-0.3, -0.25) is 4.90 Å². The van der Waals surface area contributed by atoms with E-state index in [9.17, 15) is 0 Å². The molecular formula is C21H35N5. The van der Waals surface area contributed by atoms with Crippen molar-refractivity contribution < 1.29 is 0 Å². The van der Waals surface area contributed by atoms with Gasteiger partial charge in [0.05, 0.1) is 5.56 Å². The third-order valence-electron chi connectivity index (χ3n) is 5.35. The van der Waals surface area contributed by atoms with Crippen LogP contribution in [-0.2, 0) is 0 Å². The fourth-order valence-corrected chi connectivity index (χ4v) is 3.88. The van der Waals surface area contributed by atoms with Crippen LogP contribution >= 0.6 is 0 Å². The maximum atomic E-state index is 8.78. The summed E-state index contributed by atoms with van der Waals surface area (Å²) in [6.07, 6.45) is 12.8. The van der Waals surface area contributed by atoms with Gasteiger partial charge in [0.2, 0.25) is 0 Å². The van der Waals surface area contributed by atoms with Gasteiger partial charge in [-0.1, -0.05) is 32.6 Å². The second-order valence-electron chi connectivity index (χ2n) is 7.44. The zero-order valence-corrected chi connectivity index (χ0v) is 16.3. The zero-order valence-electron chi connectivity index (χ0n) is 16.3. The predicted octanol–water partition coefficient (Wildman–Crippen LogP) is 3.91. The van der Waals surface area contributed by atoms with Gasteiger partial charge in [0.1, 0.15) is 11.9 Å². The molecule has 5 heteroatoms. The first-order chi connectivity index (χ1) is 12.7. The standard InChI is InChI=1S/C21H35N5/c1-2-9-19(23)20(26-14-7-8-15-26)10-5-3-4-6-13-24-21-12-11-18(16-22)17-25-21/h11-12,17,19-20H,2-10,13-15,23H2,1H3,(H,24,25). The molecule has 1 saturated heterocycles. The van der Waals surface area contributed by atoms with Crippen molar-refractivity contribution in [1.82, 2.24) is 9.88 Å². The number of rotatable bonds is 12. The molecule has 0 aromatic carbocycles. The summed E-state index contributed by atoms with van der Waals surface area (Å²) in [5.41, 5.74) is 7.08. The first-order valence-electron chi connectivity index (χ1n) is 10.3. The van der Waals surface area contributed by atoms with Gasteiger partial charge in [-0.2, -0.15) is 5.26 Å². The summed E-state index contributed by atoms with van der Waals surface area (Å²) in [7, 11) is 0. The molecule has 26 heavy (non-hydrogen) atoms. The first kappa shape index (κ1) is 20.7. The van der Waals surface area contributed by atoms with Crippen molar-refractivity contribution in [2.75, 3.05) is 25.0 Å². The highest BCUT2D eigenvalue weighted by Crippen LogP contribution is 2.21. The van der Waals surface area contributed by atoms with E-state index in [4.69, 9.17) is 11.0 Å². The minimum atomic E-state index is 0.335. The Balaban J connectivity index is 1.59. The number of hydrogen-bond donors (Lipinski definition) is 2. The number of aromatic nitrogens is 1. The number of anilines is 1. The summed E-state index contributed by atoms with van der Waals surface area (Å²) in [5, 5.41) is 12.1. The van der Waals surface area contributed by atoms with Crippen molar-refractivity contribution in [3.8, 4) is 6.07 Å². The van der Waals surface area contributed by atoms with Crippen LogP contribution in [0.3, 0.4) is 0 Å². The molecule has 0 radical (unpaired) electrons. The highest BCUT2D eigenvalue weighted by atomic mass is 15.2. The zero-order chi connectivity index (χ0) is 18.6. The second kappa shape index (κ2) is 11.9. The highest BCUT2D eigenvalue weighted by molar-refractivity contribution is 5.38. The molecule has 0 spiro atoms. The molecule has 1 aliphatic rings. The molecule has 0 saturated carbocycles. The van der Waals surface area contributed by atoms with Gasteiger partial charge in [0, 0.05) is 24.8 Å². The molecule has 2 unspecified atom stereocenters. The SMILES string of the molecule is CCCC(N)C(CCCCCCNc1ccc(C#N)cn1)N1CCCC1. The van der Waals surface area contributed by atoms with Crippen LogP contribution in [-0.4, -0.2) is 41.6 Å². The quantitative estimate of drug-likeness (QED) is 0.555. The van der Waals surface area contributed by atoms with Crippen LogP contribution in [0.5, 0.6) is 0 Å². The largest absolute Gasteiger partial charge is 0.370 e. The molecule has 0 bridgehead atoms. The molecule has 1 aromatic heterocycles. The molecule has 2 rings (SSSR count). The maximum absolute atomic E-state index is 8.78. The number of hydrogen-bond acceptors (Lipinski definition) is 5. The monoisotopic (exact) mass is 357 g/mol. The lowest BCUT2D eigenvalue weighted by atomic mass is 9.96. The van der Waals surface area contributed by atoms with Gasteiger partial charge >= 0.3 is 0 Å². The van der Waals surface area contributed by atoms with Crippen LogP contribution in [0, 0.1) is 11.3 Å². The van der Waals surface area contributed by atoms with Gasteiger partial charge in [0.25, 0.3) is 0 Å². The maximum Gasteiger partial charge on any atom is 0.125 e. The molecule has 0 amide bonds. The minimum absolute atomic E-state index is 0.335. The lowest BCUT2D eigenvalue weighted by molar-refractivity contribution is 0.189. The Morgan fingerprint density at radius 3 is 2.62 bits per heavy atom. The number of pyridine rings is 1. The van der Waals surface area contributed by atoms with E-state index >= 15 is 0 Å². The van der Waals surface area contributed by atoms with E-state index in [1.54, 1.807) is 12.3 Å². The molecule has 144 valence electrons. The molecular weight excluding hydrogens is 322 g/mol. The van der Waals surface area contributed by atoms with Crippen LogP contribution in [0.15, 0.2) is 18.3 Å². The molecule has 2 heterocycles. The number of nitrogens with zero attached hydrogens (tertiary/aromatic N) is 3. The number of likely N-dealkylation sites (tertiary alicyclic amines) is 1. The molecule has 0 aliphatic carbocycles. The van der Waals surface area contributed by atoms with Crippen molar-refractivity contribution >= 4 is 5.82 Å². The van der Waals surface area contributed by atoms with E-state index < -0.39 is 0 Å². The molecule has 3 N–H and O–H groups in total. The lowest BCUT2D eigenvalue weighted by Crippen LogP contribution is -2.46. The highest BCUT2D eigenvalue weighted by Gasteiger charge is 2.26. The molecule has 1 fully saturated rings. The van der Waals surface area contributed by atoms with Crippen LogP contribution in [0.2, 0.25) is 0 Å². The topological polar surface area (TPSA) is 78.0 Å². The summed E-state index contributed by atoms with van der Waals surface area (Å²) in [5.74, 6) is 0.851. The smallest absolute Gasteiger partial charge is 0.125 e. The second-order valence-corrected chi connectivity index (χ2v) is 7.44. The van der Waals surface area contributed by atoms with Gasteiger partial charge in [-0.05, 0) is 57.3 Å². The summed E-state index contributed by atoms with van der Waals surface area (Å²) in [6.45, 7) is 5.65. The molecule has 1 aromatic rings. The average molecular weight is 358 g/mol. The summed E-state index contributed by atoms with van der Waals surface area (Å²) < 4.78 is 0. The Morgan fingerprint density at radius 1 is 1.19 bits per heavy atom. The molecule has 1 aliphatic heterocycles. The Kier molecular flexibility index (Phi) is 9.44. The first-order valence-corrected chi connectivity index (χ1v) is 10.3. The summed E-state index contributed by atoms with van der Waals surface area (Å²) >= 11 is 0. The van der Waals surface area contributed by atoms with E-state index in [0.29, 0.717) is 17.6 Å². The summed E-state index contributed by atoms with van der Waals surface area (Å²) in [6, 6.07) is 6.67. The number of nitrogens with one attached hydrogen (secondary N) is 1. The van der Waals surface area contributed by atoms with Gasteiger partial charge in [0.15, 0.2) is 0 Å². The van der Waals surface area contributed by atoms with Gasteiger partial charge in [-0.25, -0.2) is 4.98 Å². The van der Waals surface area contributed by atoms with Crippen LogP contribution in [0.1, 0.15) is 70.3 Å². The number of unbranched alkanes of at least 4 members (excludes halogenated alkanes) is 3. The van der Waals surface area contributed by atoms with Crippen molar-refractivity contribution in [3.63, 3.8) is 0 Å². The van der Waals surface area contributed by atoms with Crippen LogP contribution in [0.25, 0.3) is 0 Å². The fraction of sp³-hybridized carbons (Fsp3) is 0.714. The van der Waals surface area contributed by atoms with E-state index in [2.05, 4.69) is 28.2 Å². The van der Waals surface area contributed by atoms with Crippen molar-refractivity contribution in [2.24, 2.45) is 5.73 Å². The van der Waals surface area contributed by atoms with Crippen molar-refractivity contribution in [3.05, 3.63) is 23.9 Å². The average Bonchev–Trinajstić information content (AvgIpc) is 3.19. The van der Waals surface area contributed by atoms with E-state index in [0.717, 1.165) is 25.2 Å². The minimum Gasteiger partial charge on any atom is -0.370 e. The Bertz CT molecular complexity index is 530. The molecule has 2 atom stereocenters. The van der Waals surface area contributed by atoms with Gasteiger partial charge in [-0.15, -0.1) is 0 Å². The van der Waals surface area contributed by atoms with Crippen LogP contribution in [0.4, 0.5) is 5.82 Å². The third-order valence-corrected chi connectivity index (χ3v) is 5.35. The van der Waals surface area contributed by atoms with Crippen molar-refractivity contribution in [2.45, 2.75) is 76.8 Å². The predicted molar refractivity (Wildman–Crippen MR) is 108 cm³/mol. The van der Waals surface area contributed by atoms with E-state index in [1.165, 1.54) is 58.0 Å². The number of nitrogens with two attached hydrogens (primary N) is 1. The Hall–Kier alpha value is -1.64. The fourth-order valence-electron chi connectivity index (χ4n) is 3.88. The lowest BCUT2D eigenvalue weighted by Gasteiger charge is -2.32. The number of nitriles is 1. The Morgan fingerprint density at radius 2 is 1.96 bits per heavy atom. The van der Waals surface area contributed by atoms with Crippen molar-refractivity contribution in [1.29, 1.82) is 5.26 Å².